The lowest BCUT2D eigenvalue weighted by Gasteiger charge is -2.13. The molecule has 25 heavy (non-hydrogen) atoms. The molecule has 0 aliphatic heterocycles. The summed E-state index contributed by atoms with van der Waals surface area (Å²) in [6.45, 7) is 5.99. The fourth-order valence-corrected chi connectivity index (χ4v) is 2.08. The lowest BCUT2D eigenvalue weighted by molar-refractivity contribution is -0.141. The highest BCUT2D eigenvalue weighted by Crippen LogP contribution is 2.27. The quantitative estimate of drug-likeness (QED) is 0.333. The minimum absolute atomic E-state index is 0.0539. The van der Waals surface area contributed by atoms with E-state index in [1.807, 2.05) is 6.92 Å². The van der Waals surface area contributed by atoms with Gasteiger partial charge in [-0.3, -0.25) is 4.79 Å². The molecule has 0 fully saturated rings. The molecular weight excluding hydrogens is 324 g/mol. The molecule has 1 atom stereocenters. The van der Waals surface area contributed by atoms with E-state index in [0.717, 1.165) is 6.42 Å². The Morgan fingerprint density at radius 3 is 2.64 bits per heavy atom. The van der Waals surface area contributed by atoms with E-state index in [-0.39, 0.29) is 24.3 Å². The van der Waals surface area contributed by atoms with E-state index in [1.165, 1.54) is 12.1 Å². The number of benzene rings is 1. The number of carbonyl (C=O) groups is 2. The molecule has 0 saturated carbocycles. The molecule has 0 bridgehead atoms. The molecule has 1 rings (SSSR count). The van der Waals surface area contributed by atoms with Crippen molar-refractivity contribution in [1.29, 1.82) is 0 Å². The van der Waals surface area contributed by atoms with Gasteiger partial charge in [0.25, 0.3) is 0 Å². The molecule has 1 aromatic rings. The van der Waals surface area contributed by atoms with Crippen LogP contribution in [0.5, 0.6) is 11.5 Å². The molecule has 0 radical (unpaired) electrons. The van der Waals surface area contributed by atoms with Crippen LogP contribution in [0.4, 0.5) is 0 Å². The number of hydrogen-bond acceptors (Lipinski definition) is 7. The molecule has 0 spiro atoms. The molecule has 0 aromatic heterocycles. The van der Waals surface area contributed by atoms with Crippen molar-refractivity contribution in [2.24, 2.45) is 11.5 Å². The molecule has 1 aromatic carbocycles. The minimum atomic E-state index is -0.883. The lowest BCUT2D eigenvalue weighted by Crippen LogP contribution is -2.34. The highest BCUT2D eigenvalue weighted by Gasteiger charge is 2.18. The van der Waals surface area contributed by atoms with Crippen molar-refractivity contribution >= 4 is 11.9 Å². The van der Waals surface area contributed by atoms with E-state index in [1.54, 1.807) is 6.07 Å². The molecule has 0 heterocycles. The largest absolute Gasteiger partial charge is 0.504 e. The van der Waals surface area contributed by atoms with E-state index in [2.05, 4.69) is 6.58 Å². The molecule has 0 unspecified atom stereocenters. The lowest BCUT2D eigenvalue weighted by atomic mass is 10.1. The van der Waals surface area contributed by atoms with Gasteiger partial charge in [0.2, 0.25) is 0 Å². The zero-order valence-corrected chi connectivity index (χ0v) is 14.5. The highest BCUT2D eigenvalue weighted by atomic mass is 16.5. The maximum atomic E-state index is 11.9. The van der Waals surface area contributed by atoms with Crippen LogP contribution in [0.25, 0.3) is 0 Å². The molecule has 0 amide bonds. The van der Waals surface area contributed by atoms with Crippen molar-refractivity contribution in [3.63, 3.8) is 0 Å². The van der Waals surface area contributed by atoms with Gasteiger partial charge in [0.05, 0.1) is 0 Å². The van der Waals surface area contributed by atoms with Gasteiger partial charge in [-0.25, -0.2) is 4.79 Å². The van der Waals surface area contributed by atoms with Crippen molar-refractivity contribution in [2.75, 3.05) is 6.54 Å². The summed E-state index contributed by atoms with van der Waals surface area (Å²) in [6.07, 6.45) is 2.27. The number of phenolic OH excluding ortho intramolecular Hbond substituents is 1. The second-order valence-corrected chi connectivity index (χ2v) is 5.69. The molecule has 7 nitrogen and oxygen atoms in total. The van der Waals surface area contributed by atoms with Crippen LogP contribution in [0.15, 0.2) is 30.5 Å². The molecule has 0 saturated heterocycles. The average Bonchev–Trinajstić information content (AvgIpc) is 2.55. The number of phenols is 1. The topological polar surface area (TPSA) is 125 Å². The fraction of sp³-hybridized carbons (Fsp3) is 0.444. The Morgan fingerprint density at radius 2 is 2.04 bits per heavy atom. The van der Waals surface area contributed by atoms with Gasteiger partial charge in [-0.1, -0.05) is 19.6 Å². The summed E-state index contributed by atoms with van der Waals surface area (Å²) in [5, 5.41) is 9.96. The SMILES string of the molecule is C=C(CCC)OC(=O)[C@@H](N)Cc1ccc(OC(=O)CCCN)c(O)c1. The van der Waals surface area contributed by atoms with Crippen LogP contribution in [0.2, 0.25) is 0 Å². The van der Waals surface area contributed by atoms with Crippen molar-refractivity contribution in [3.8, 4) is 11.5 Å². The summed E-state index contributed by atoms with van der Waals surface area (Å²) < 4.78 is 10.1. The first-order valence-electron chi connectivity index (χ1n) is 8.25. The number of rotatable bonds is 10. The first kappa shape index (κ1) is 20.7. The Hall–Kier alpha value is -2.38. The molecule has 0 aliphatic rings. The summed E-state index contributed by atoms with van der Waals surface area (Å²) in [4.78, 5) is 23.4. The number of ether oxygens (including phenoxy) is 2. The van der Waals surface area contributed by atoms with Gasteiger partial charge >= 0.3 is 11.9 Å². The predicted octanol–water partition coefficient (Wildman–Crippen LogP) is 1.76. The number of allylic oxidation sites excluding steroid dienone is 1. The zero-order chi connectivity index (χ0) is 18.8. The summed E-state index contributed by atoms with van der Waals surface area (Å²) in [6, 6.07) is 3.60. The minimum Gasteiger partial charge on any atom is -0.504 e. The smallest absolute Gasteiger partial charge is 0.328 e. The van der Waals surface area contributed by atoms with Crippen LogP contribution in [-0.2, 0) is 20.7 Å². The predicted molar refractivity (Wildman–Crippen MR) is 93.8 cm³/mol. The number of carbonyl (C=O) groups excluding carboxylic acids is 2. The Kier molecular flexibility index (Phi) is 8.66. The maximum Gasteiger partial charge on any atom is 0.328 e. The Balaban J connectivity index is 2.62. The molecule has 7 heteroatoms. The van der Waals surface area contributed by atoms with Gasteiger partial charge in [0.15, 0.2) is 11.5 Å². The van der Waals surface area contributed by atoms with Crippen molar-refractivity contribution in [1.82, 2.24) is 0 Å². The van der Waals surface area contributed by atoms with Gasteiger partial charge in [-0.2, -0.15) is 0 Å². The summed E-state index contributed by atoms with van der Waals surface area (Å²) >= 11 is 0. The van der Waals surface area contributed by atoms with E-state index in [9.17, 15) is 14.7 Å². The third-order valence-electron chi connectivity index (χ3n) is 3.36. The van der Waals surface area contributed by atoms with Crippen LogP contribution in [0.3, 0.4) is 0 Å². The standard InChI is InChI=1S/C18H26N2O5/c1-3-5-12(2)24-18(23)14(20)10-13-7-8-16(15(21)11-13)25-17(22)6-4-9-19/h7-8,11,14,21H,2-6,9-10,19-20H2,1H3/t14-/m0/s1. The van der Waals surface area contributed by atoms with Crippen LogP contribution >= 0.6 is 0 Å². The van der Waals surface area contributed by atoms with E-state index in [0.29, 0.717) is 30.7 Å². The summed E-state index contributed by atoms with van der Waals surface area (Å²) in [5.41, 5.74) is 11.8. The third kappa shape index (κ3) is 7.36. The second-order valence-electron chi connectivity index (χ2n) is 5.69. The fourth-order valence-electron chi connectivity index (χ4n) is 2.08. The van der Waals surface area contributed by atoms with Gasteiger partial charge in [0.1, 0.15) is 11.8 Å². The maximum absolute atomic E-state index is 11.9. The normalized spacial score (nSPS) is 11.6. The number of esters is 2. The molecule has 0 aliphatic carbocycles. The average molecular weight is 350 g/mol. The molecule has 138 valence electrons. The first-order valence-corrected chi connectivity index (χ1v) is 8.25. The van der Waals surface area contributed by atoms with Crippen LogP contribution in [0.1, 0.15) is 38.2 Å². The van der Waals surface area contributed by atoms with Gasteiger partial charge < -0.3 is 26.0 Å². The number of nitrogens with two attached hydrogens (primary N) is 2. The number of aromatic hydroxyl groups is 1. The van der Waals surface area contributed by atoms with Gasteiger partial charge in [-0.15, -0.1) is 0 Å². The van der Waals surface area contributed by atoms with E-state index in [4.69, 9.17) is 20.9 Å². The Morgan fingerprint density at radius 1 is 1.32 bits per heavy atom. The third-order valence-corrected chi connectivity index (χ3v) is 3.36. The van der Waals surface area contributed by atoms with Crippen molar-refractivity contribution in [2.45, 2.75) is 45.1 Å². The van der Waals surface area contributed by atoms with Gasteiger partial charge in [0, 0.05) is 12.8 Å². The van der Waals surface area contributed by atoms with E-state index < -0.39 is 18.0 Å². The molecule has 5 N–H and O–H groups in total. The summed E-state index contributed by atoms with van der Waals surface area (Å²) in [7, 11) is 0. The van der Waals surface area contributed by atoms with Crippen LogP contribution in [0, 0.1) is 0 Å². The monoisotopic (exact) mass is 350 g/mol. The second kappa shape index (κ2) is 10.5. The van der Waals surface area contributed by atoms with Crippen molar-refractivity contribution in [3.05, 3.63) is 36.1 Å². The van der Waals surface area contributed by atoms with Crippen molar-refractivity contribution < 1.29 is 24.2 Å². The van der Waals surface area contributed by atoms with Crippen LogP contribution in [-0.4, -0.2) is 29.6 Å². The molecular formula is C18H26N2O5. The number of hydrogen-bond donors (Lipinski definition) is 3. The van der Waals surface area contributed by atoms with Gasteiger partial charge in [-0.05, 0) is 43.5 Å². The zero-order valence-electron chi connectivity index (χ0n) is 14.5. The Labute approximate surface area is 147 Å². The summed E-state index contributed by atoms with van der Waals surface area (Å²) in [5.74, 6) is -0.809. The van der Waals surface area contributed by atoms with E-state index >= 15 is 0 Å². The van der Waals surface area contributed by atoms with Crippen LogP contribution < -0.4 is 16.2 Å². The highest BCUT2D eigenvalue weighted by molar-refractivity contribution is 5.77. The first-order chi connectivity index (χ1) is 11.9. The Bertz CT molecular complexity index is 615.